The van der Waals surface area contributed by atoms with Gasteiger partial charge in [-0.2, -0.15) is 0 Å². The molecule has 1 heteroatoms. The average Bonchev–Trinajstić information content (AvgIpc) is 3.59. The van der Waals surface area contributed by atoms with Crippen molar-refractivity contribution in [1.29, 1.82) is 0 Å². The van der Waals surface area contributed by atoms with Crippen LogP contribution in [0.4, 0.5) is 0 Å². The van der Waals surface area contributed by atoms with Crippen LogP contribution < -0.4 is 0 Å². The number of benzene rings is 8. The second-order valence-electron chi connectivity index (χ2n) is 10.3. The van der Waals surface area contributed by atoms with Crippen LogP contribution in [-0.4, -0.2) is 0 Å². The Balaban J connectivity index is 1.42. The molecule has 1 heterocycles. The predicted molar refractivity (Wildman–Crippen MR) is 183 cm³/mol. The minimum atomic E-state index is -0.521. The molecule has 0 amide bonds. The zero-order valence-electron chi connectivity index (χ0n) is 34.5. The van der Waals surface area contributed by atoms with Gasteiger partial charge in [0, 0.05) is 27.5 Å². The molecule has 0 fully saturated rings. The number of hydrogen-bond acceptors (Lipinski definition) is 1. The van der Waals surface area contributed by atoms with Gasteiger partial charge in [-0.1, -0.05) is 157 Å². The summed E-state index contributed by atoms with van der Waals surface area (Å²) in [6.07, 6.45) is 0. The van der Waals surface area contributed by atoms with Crippen molar-refractivity contribution < 1.29 is 20.9 Å². The van der Waals surface area contributed by atoms with E-state index in [1.54, 1.807) is 12.1 Å². The fourth-order valence-corrected chi connectivity index (χ4v) is 6.29. The van der Waals surface area contributed by atoms with E-state index in [0.29, 0.717) is 44.0 Å². The van der Waals surface area contributed by atoms with E-state index < -0.39 is 54.4 Å². The summed E-state index contributed by atoms with van der Waals surface area (Å²) in [6, 6.07) is 20.8. The van der Waals surface area contributed by atoms with Crippen LogP contribution in [0.15, 0.2) is 162 Å². The highest BCUT2D eigenvalue weighted by Crippen LogP contribution is 2.48. The molecule has 9 aromatic rings. The number of rotatable bonds is 3. The van der Waals surface area contributed by atoms with Crippen molar-refractivity contribution in [1.82, 2.24) is 0 Å². The van der Waals surface area contributed by atoms with Gasteiger partial charge in [0.1, 0.15) is 11.2 Å². The van der Waals surface area contributed by atoms with Gasteiger partial charge >= 0.3 is 0 Å². The highest BCUT2D eigenvalue weighted by atomic mass is 16.3. The largest absolute Gasteiger partial charge is 0.455 e. The van der Waals surface area contributed by atoms with Gasteiger partial charge in [-0.25, -0.2) is 0 Å². The van der Waals surface area contributed by atoms with Crippen LogP contribution in [0.5, 0.6) is 0 Å². The Morgan fingerprint density at radius 2 is 0.884 bits per heavy atom. The molecule has 0 atom stereocenters. The first kappa shape index (κ1) is 15.0. The minimum absolute atomic E-state index is 0.000352. The molecule has 200 valence electrons. The first-order chi connectivity index (χ1) is 26.3. The maximum atomic E-state index is 9.21. The standard InChI is InChI=1S/C42H26O/c1-2-13-28(14-3-1)30-22-11-24-36-37-25-12-26-38(42(37)43-41(30)36)40-34-20-8-6-18-32(34)39(33-19-7-9-21-35(33)40)31-23-10-16-27-15-4-5-17-29(27)31/h1-26H/i1D,2D,3D,4D,5D,10D,13D,14D,15D,16D,17D,23D. The van der Waals surface area contributed by atoms with Crippen LogP contribution >= 0.6 is 0 Å². The highest BCUT2D eigenvalue weighted by Gasteiger charge is 2.21. The first-order valence-electron chi connectivity index (χ1n) is 19.8. The number of fused-ring (bicyclic) bond motifs is 6. The third kappa shape index (κ3) is 3.58. The molecule has 0 bridgehead atoms. The first-order valence-corrected chi connectivity index (χ1v) is 13.8. The molecule has 0 radical (unpaired) electrons. The fourth-order valence-electron chi connectivity index (χ4n) is 6.29. The maximum absolute atomic E-state index is 9.21. The van der Waals surface area contributed by atoms with Gasteiger partial charge in [0.05, 0.1) is 16.4 Å². The van der Waals surface area contributed by atoms with E-state index in [0.717, 1.165) is 21.7 Å². The summed E-state index contributed by atoms with van der Waals surface area (Å²) >= 11 is 0. The fraction of sp³-hybridized carbons (Fsp3) is 0. The second kappa shape index (κ2) is 9.44. The Morgan fingerprint density at radius 1 is 0.372 bits per heavy atom. The van der Waals surface area contributed by atoms with Crippen molar-refractivity contribution in [2.75, 3.05) is 0 Å². The van der Waals surface area contributed by atoms with Gasteiger partial charge in [-0.15, -0.1) is 0 Å². The second-order valence-corrected chi connectivity index (χ2v) is 10.3. The summed E-state index contributed by atoms with van der Waals surface area (Å²) in [6.45, 7) is 0. The van der Waals surface area contributed by atoms with Gasteiger partial charge < -0.3 is 4.42 Å². The van der Waals surface area contributed by atoms with E-state index in [1.165, 1.54) is 0 Å². The van der Waals surface area contributed by atoms with Crippen molar-refractivity contribution in [3.8, 4) is 33.4 Å². The van der Waals surface area contributed by atoms with Gasteiger partial charge in [-0.05, 0) is 49.0 Å². The van der Waals surface area contributed by atoms with Crippen molar-refractivity contribution in [3.63, 3.8) is 0 Å². The van der Waals surface area contributed by atoms with Crippen LogP contribution in [0.3, 0.4) is 0 Å². The van der Waals surface area contributed by atoms with Crippen molar-refractivity contribution in [2.24, 2.45) is 0 Å². The van der Waals surface area contributed by atoms with E-state index in [1.807, 2.05) is 72.8 Å². The minimum Gasteiger partial charge on any atom is -0.455 e. The molecule has 0 N–H and O–H groups in total. The molecule has 0 saturated carbocycles. The molecule has 0 spiro atoms. The molecular formula is C42H26O. The third-order valence-corrected chi connectivity index (χ3v) is 8.06. The molecule has 0 saturated heterocycles. The Labute approximate surface area is 266 Å². The van der Waals surface area contributed by atoms with E-state index in [2.05, 4.69) is 0 Å². The summed E-state index contributed by atoms with van der Waals surface area (Å²) in [5, 5.41) is 4.03. The van der Waals surface area contributed by atoms with Gasteiger partial charge in [0.15, 0.2) is 0 Å². The Bertz CT molecular complexity index is 3090. The third-order valence-electron chi connectivity index (χ3n) is 8.06. The van der Waals surface area contributed by atoms with E-state index in [9.17, 15) is 1.37 Å². The molecule has 0 aliphatic heterocycles. The molecule has 1 aromatic heterocycles. The SMILES string of the molecule is [2H]c1c([2H])c([2H])c(-c2cccc3c2oc2c(-c4c5ccccc5c(-c5c([2H])c([2H])c([2H])c6c([2H])c([2H])c([2H])c([2H])c56)c5ccccc45)cccc23)c([2H])c1[2H]. The highest BCUT2D eigenvalue weighted by molar-refractivity contribution is 6.26. The Hall–Kier alpha value is -5.66. The maximum Gasteiger partial charge on any atom is 0.143 e. The lowest BCUT2D eigenvalue weighted by Crippen LogP contribution is -1.91. The topological polar surface area (TPSA) is 13.1 Å². The van der Waals surface area contributed by atoms with Crippen LogP contribution in [-0.2, 0) is 0 Å². The smallest absolute Gasteiger partial charge is 0.143 e. The molecule has 1 nitrogen and oxygen atoms in total. The summed E-state index contributed by atoms with van der Waals surface area (Å²) in [5.74, 6) is 0. The van der Waals surface area contributed by atoms with Crippen molar-refractivity contribution >= 4 is 54.3 Å². The molecule has 0 unspecified atom stereocenters. The number of hydrogen-bond donors (Lipinski definition) is 0. The van der Waals surface area contributed by atoms with Gasteiger partial charge in [-0.3, -0.25) is 0 Å². The van der Waals surface area contributed by atoms with Crippen LogP contribution in [0.1, 0.15) is 16.4 Å². The van der Waals surface area contributed by atoms with Crippen molar-refractivity contribution in [2.45, 2.75) is 0 Å². The van der Waals surface area contributed by atoms with Crippen molar-refractivity contribution in [3.05, 3.63) is 157 Å². The van der Waals surface area contributed by atoms with E-state index in [4.69, 9.17) is 19.5 Å². The molecule has 43 heavy (non-hydrogen) atoms. The predicted octanol–water partition coefficient (Wildman–Crippen LogP) is 12.0. The normalized spacial score (nSPS) is 15.6. The molecular weight excluding hydrogens is 520 g/mol. The zero-order chi connectivity index (χ0) is 38.8. The van der Waals surface area contributed by atoms with Crippen LogP contribution in [0.2, 0.25) is 0 Å². The Morgan fingerprint density at radius 3 is 1.56 bits per heavy atom. The summed E-state index contributed by atoms with van der Waals surface area (Å²) in [7, 11) is 0. The van der Waals surface area contributed by atoms with Gasteiger partial charge in [0.2, 0.25) is 0 Å². The van der Waals surface area contributed by atoms with E-state index >= 15 is 0 Å². The number of para-hydroxylation sites is 2. The quantitative estimate of drug-likeness (QED) is 0.197. The Kier molecular flexibility index (Phi) is 3.29. The molecule has 8 aromatic carbocycles. The average molecular weight is 559 g/mol. The number of furan rings is 1. The van der Waals surface area contributed by atoms with E-state index in [-0.39, 0.29) is 40.0 Å². The zero-order valence-corrected chi connectivity index (χ0v) is 22.5. The molecule has 0 aliphatic carbocycles. The summed E-state index contributed by atoms with van der Waals surface area (Å²) < 4.78 is 110. The van der Waals surface area contributed by atoms with Crippen LogP contribution in [0.25, 0.3) is 87.6 Å². The lowest BCUT2D eigenvalue weighted by Gasteiger charge is -2.18. The van der Waals surface area contributed by atoms with Crippen LogP contribution in [0, 0.1) is 0 Å². The summed E-state index contributed by atoms with van der Waals surface area (Å²) in [5.41, 5.74) is 3.31. The molecule has 0 aliphatic rings. The summed E-state index contributed by atoms with van der Waals surface area (Å²) in [4.78, 5) is 0. The monoisotopic (exact) mass is 558 g/mol. The molecule has 9 rings (SSSR count). The lowest BCUT2D eigenvalue weighted by atomic mass is 9.84. The van der Waals surface area contributed by atoms with Gasteiger partial charge in [0.25, 0.3) is 0 Å². The lowest BCUT2D eigenvalue weighted by molar-refractivity contribution is 0.671.